The molecule has 0 heteroatoms. The van der Waals surface area contributed by atoms with Crippen LogP contribution >= 0.6 is 0 Å². The predicted molar refractivity (Wildman–Crippen MR) is 112 cm³/mol. The van der Waals surface area contributed by atoms with Crippen LogP contribution in [0.1, 0.15) is 69.4 Å². The number of benzene rings is 2. The van der Waals surface area contributed by atoms with Crippen LogP contribution in [0.4, 0.5) is 0 Å². The molecular formula is C26H28. The Morgan fingerprint density at radius 1 is 0.808 bits per heavy atom. The minimum atomic E-state index is 0.759. The van der Waals surface area contributed by atoms with Crippen LogP contribution in [-0.4, -0.2) is 0 Å². The zero-order chi connectivity index (χ0) is 18.2. The van der Waals surface area contributed by atoms with E-state index in [0.717, 1.165) is 17.4 Å². The molecule has 0 aliphatic heterocycles. The van der Waals surface area contributed by atoms with Crippen LogP contribution in [0.25, 0.3) is 11.1 Å². The van der Waals surface area contributed by atoms with Crippen LogP contribution in [0, 0.1) is 29.6 Å². The van der Waals surface area contributed by atoms with E-state index in [1.807, 2.05) is 0 Å². The highest BCUT2D eigenvalue weighted by Crippen LogP contribution is 2.37. The second-order valence-electron chi connectivity index (χ2n) is 7.33. The SMILES string of the molecule is CC#CC#Cc1ccc(-c2ccc(C3CCC(CCC)CC3)cc2)cc1. The summed E-state index contributed by atoms with van der Waals surface area (Å²) in [6, 6.07) is 17.7. The third-order valence-electron chi connectivity index (χ3n) is 5.54. The Kier molecular flexibility index (Phi) is 6.57. The molecule has 1 fully saturated rings. The Bertz CT molecular complexity index is 808. The molecular weight excluding hydrogens is 312 g/mol. The first-order chi connectivity index (χ1) is 12.8. The van der Waals surface area contributed by atoms with Gasteiger partial charge >= 0.3 is 0 Å². The van der Waals surface area contributed by atoms with E-state index in [1.54, 1.807) is 6.92 Å². The Hall–Kier alpha value is -2.44. The summed E-state index contributed by atoms with van der Waals surface area (Å²) < 4.78 is 0. The van der Waals surface area contributed by atoms with E-state index in [0.29, 0.717) is 0 Å². The normalized spacial score (nSPS) is 19.0. The summed E-state index contributed by atoms with van der Waals surface area (Å²) in [5, 5.41) is 0. The van der Waals surface area contributed by atoms with Crippen molar-refractivity contribution in [1.29, 1.82) is 0 Å². The first-order valence-electron chi connectivity index (χ1n) is 9.93. The molecule has 0 nitrogen and oxygen atoms in total. The van der Waals surface area contributed by atoms with Gasteiger partial charge in [0.05, 0.1) is 0 Å². The first-order valence-corrected chi connectivity index (χ1v) is 9.93. The van der Waals surface area contributed by atoms with E-state index in [-0.39, 0.29) is 0 Å². The van der Waals surface area contributed by atoms with Crippen molar-refractivity contribution in [2.24, 2.45) is 5.92 Å². The third kappa shape index (κ3) is 4.80. The van der Waals surface area contributed by atoms with E-state index in [1.165, 1.54) is 55.2 Å². The van der Waals surface area contributed by atoms with Gasteiger partial charge < -0.3 is 0 Å². The molecule has 2 aromatic carbocycles. The first kappa shape index (κ1) is 18.4. The average Bonchev–Trinajstić information content (AvgIpc) is 2.70. The quantitative estimate of drug-likeness (QED) is 0.537. The summed E-state index contributed by atoms with van der Waals surface area (Å²) in [5.74, 6) is 13.2. The van der Waals surface area contributed by atoms with Gasteiger partial charge in [0, 0.05) is 5.56 Å². The second kappa shape index (κ2) is 9.31. The fourth-order valence-electron chi connectivity index (χ4n) is 4.05. The van der Waals surface area contributed by atoms with Crippen molar-refractivity contribution in [1.82, 2.24) is 0 Å². The van der Waals surface area contributed by atoms with Gasteiger partial charge in [0.1, 0.15) is 0 Å². The van der Waals surface area contributed by atoms with Crippen LogP contribution in [0.2, 0.25) is 0 Å². The van der Waals surface area contributed by atoms with Gasteiger partial charge in [0.25, 0.3) is 0 Å². The summed E-state index contributed by atoms with van der Waals surface area (Å²) in [5.41, 5.74) is 5.05. The molecule has 1 aliphatic carbocycles. The Labute approximate surface area is 159 Å². The van der Waals surface area contributed by atoms with E-state index in [2.05, 4.69) is 79.1 Å². The van der Waals surface area contributed by atoms with Crippen molar-refractivity contribution < 1.29 is 0 Å². The summed E-state index contributed by atoms with van der Waals surface area (Å²) >= 11 is 0. The van der Waals surface area contributed by atoms with Crippen LogP contribution in [0.5, 0.6) is 0 Å². The third-order valence-corrected chi connectivity index (χ3v) is 5.54. The number of rotatable bonds is 4. The van der Waals surface area contributed by atoms with Crippen molar-refractivity contribution in [3.63, 3.8) is 0 Å². The lowest BCUT2D eigenvalue weighted by Gasteiger charge is -2.28. The lowest BCUT2D eigenvalue weighted by molar-refractivity contribution is 0.308. The molecule has 3 rings (SSSR count). The fraction of sp³-hybridized carbons (Fsp3) is 0.385. The van der Waals surface area contributed by atoms with Crippen molar-refractivity contribution in [2.45, 2.75) is 58.3 Å². The van der Waals surface area contributed by atoms with Crippen molar-refractivity contribution in [3.05, 3.63) is 59.7 Å². The summed E-state index contributed by atoms with van der Waals surface area (Å²) in [6.07, 6.45) is 8.28. The maximum absolute atomic E-state index is 3.07. The lowest BCUT2D eigenvalue weighted by atomic mass is 9.77. The zero-order valence-electron chi connectivity index (χ0n) is 16.0. The van der Waals surface area contributed by atoms with Gasteiger partial charge in [-0.15, -0.1) is 0 Å². The molecule has 0 radical (unpaired) electrons. The van der Waals surface area contributed by atoms with Gasteiger partial charge in [-0.25, -0.2) is 0 Å². The van der Waals surface area contributed by atoms with Gasteiger partial charge in [-0.3, -0.25) is 0 Å². The zero-order valence-corrected chi connectivity index (χ0v) is 16.0. The van der Waals surface area contributed by atoms with Gasteiger partial charge in [-0.2, -0.15) is 0 Å². The van der Waals surface area contributed by atoms with E-state index < -0.39 is 0 Å². The maximum atomic E-state index is 3.07. The average molecular weight is 341 g/mol. The van der Waals surface area contributed by atoms with Gasteiger partial charge in [0.2, 0.25) is 0 Å². The molecule has 0 atom stereocenters. The monoisotopic (exact) mass is 340 g/mol. The van der Waals surface area contributed by atoms with E-state index >= 15 is 0 Å². The molecule has 0 unspecified atom stereocenters. The maximum Gasteiger partial charge on any atom is 0.0255 e. The molecule has 26 heavy (non-hydrogen) atoms. The number of hydrogen-bond donors (Lipinski definition) is 0. The molecule has 132 valence electrons. The minimum Gasteiger partial charge on any atom is -0.0925 e. The van der Waals surface area contributed by atoms with Crippen LogP contribution < -0.4 is 0 Å². The fourth-order valence-corrected chi connectivity index (χ4v) is 4.05. The van der Waals surface area contributed by atoms with Crippen molar-refractivity contribution >= 4 is 0 Å². The van der Waals surface area contributed by atoms with Crippen LogP contribution in [0.3, 0.4) is 0 Å². The van der Waals surface area contributed by atoms with E-state index in [4.69, 9.17) is 0 Å². The van der Waals surface area contributed by atoms with Crippen molar-refractivity contribution in [3.8, 4) is 34.8 Å². The molecule has 0 aromatic heterocycles. The molecule has 0 bridgehead atoms. The van der Waals surface area contributed by atoms with Crippen LogP contribution in [0.15, 0.2) is 48.5 Å². The summed E-state index contributed by atoms with van der Waals surface area (Å²) in [6.45, 7) is 4.11. The summed E-state index contributed by atoms with van der Waals surface area (Å²) in [7, 11) is 0. The minimum absolute atomic E-state index is 0.759. The Balaban J connectivity index is 1.64. The molecule has 0 N–H and O–H groups in total. The van der Waals surface area contributed by atoms with Gasteiger partial charge in [0.15, 0.2) is 0 Å². The molecule has 2 aromatic rings. The van der Waals surface area contributed by atoms with Crippen LogP contribution in [-0.2, 0) is 0 Å². The summed E-state index contributed by atoms with van der Waals surface area (Å²) in [4.78, 5) is 0. The Morgan fingerprint density at radius 2 is 1.42 bits per heavy atom. The topological polar surface area (TPSA) is 0 Å². The van der Waals surface area contributed by atoms with E-state index in [9.17, 15) is 0 Å². The van der Waals surface area contributed by atoms with Crippen molar-refractivity contribution in [2.75, 3.05) is 0 Å². The molecule has 0 spiro atoms. The predicted octanol–water partition coefficient (Wildman–Crippen LogP) is 6.80. The lowest BCUT2D eigenvalue weighted by Crippen LogP contribution is -2.13. The van der Waals surface area contributed by atoms with Gasteiger partial charge in [-0.05, 0) is 85.1 Å². The molecule has 0 saturated heterocycles. The number of hydrogen-bond acceptors (Lipinski definition) is 0. The largest absolute Gasteiger partial charge is 0.0925 e. The molecule has 0 amide bonds. The smallest absolute Gasteiger partial charge is 0.0255 e. The second-order valence-corrected chi connectivity index (χ2v) is 7.33. The molecule has 1 aliphatic rings. The Morgan fingerprint density at radius 3 is 2.00 bits per heavy atom. The van der Waals surface area contributed by atoms with Gasteiger partial charge in [-0.1, -0.05) is 68.0 Å². The molecule has 0 heterocycles. The standard InChI is InChI=1S/C26H28/c1-3-5-6-8-22-11-15-24(16-12-22)26-19-17-25(18-20-26)23-13-9-21(7-4-2)10-14-23/h11-12,15-21,23H,4,7,9-10,13-14H2,1-2H3. The highest BCUT2D eigenvalue weighted by Gasteiger charge is 2.21. The highest BCUT2D eigenvalue weighted by atomic mass is 14.3. The highest BCUT2D eigenvalue weighted by molar-refractivity contribution is 5.65. The molecule has 1 saturated carbocycles.